The summed E-state index contributed by atoms with van der Waals surface area (Å²) < 4.78 is 0.962. The number of benzene rings is 2. The number of amides is 1. The van der Waals surface area contributed by atoms with Gasteiger partial charge in [-0.05, 0) is 35.9 Å². The summed E-state index contributed by atoms with van der Waals surface area (Å²) in [5, 5.41) is 15.0. The van der Waals surface area contributed by atoms with Crippen LogP contribution in [0.2, 0.25) is 5.02 Å². The Bertz CT molecular complexity index is 830. The zero-order valence-corrected chi connectivity index (χ0v) is 14.9. The van der Waals surface area contributed by atoms with Gasteiger partial charge in [-0.25, -0.2) is 0 Å². The van der Waals surface area contributed by atoms with E-state index in [1.165, 1.54) is 12.3 Å². The van der Waals surface area contributed by atoms with E-state index in [1.807, 2.05) is 30.3 Å². The number of nitrogens with zero attached hydrogens (tertiary/aromatic N) is 1. The van der Waals surface area contributed by atoms with Crippen LogP contribution in [0.3, 0.4) is 0 Å². The predicted molar refractivity (Wildman–Crippen MR) is 99.2 cm³/mol. The average molecular weight is 406 g/mol. The van der Waals surface area contributed by atoms with Gasteiger partial charge < -0.3 is 16.4 Å². The minimum atomic E-state index is -0.528. The molecule has 0 unspecified atom stereocenters. The van der Waals surface area contributed by atoms with Gasteiger partial charge in [-0.1, -0.05) is 39.7 Å². The van der Waals surface area contributed by atoms with Crippen LogP contribution in [0.25, 0.3) is 0 Å². The molecule has 2 aromatic carbocycles. The third-order valence-electron chi connectivity index (χ3n) is 3.07. The first kappa shape index (κ1) is 17.9. The number of rotatable bonds is 5. The number of halogens is 2. The van der Waals surface area contributed by atoms with Crippen molar-refractivity contribution in [2.75, 3.05) is 11.1 Å². The first-order valence-electron chi connectivity index (χ1n) is 6.94. The van der Waals surface area contributed by atoms with Crippen molar-refractivity contribution in [2.24, 2.45) is 0 Å². The Morgan fingerprint density at radius 3 is 2.79 bits per heavy atom. The van der Waals surface area contributed by atoms with Gasteiger partial charge in [0.25, 0.3) is 5.91 Å². The van der Waals surface area contributed by atoms with Gasteiger partial charge in [0.15, 0.2) is 0 Å². The highest BCUT2D eigenvalue weighted by Crippen LogP contribution is 2.22. The molecule has 2 aromatic rings. The number of nitrogen functional groups attached to an aromatic ring is 1. The zero-order valence-electron chi connectivity index (χ0n) is 12.5. The number of nitrogens with two attached hydrogens (primary N) is 1. The summed E-state index contributed by atoms with van der Waals surface area (Å²) in [4.78, 5) is 12.1. The molecule has 122 valence electrons. The molecule has 0 radical (unpaired) electrons. The highest BCUT2D eigenvalue weighted by molar-refractivity contribution is 9.10. The molecule has 2 rings (SSSR count). The van der Waals surface area contributed by atoms with Gasteiger partial charge in [0, 0.05) is 22.9 Å². The number of hydrogen-bond donors (Lipinski definition) is 3. The maximum absolute atomic E-state index is 12.1. The lowest BCUT2D eigenvalue weighted by Crippen LogP contribution is -2.16. The van der Waals surface area contributed by atoms with E-state index >= 15 is 0 Å². The lowest BCUT2D eigenvalue weighted by Gasteiger charge is -2.07. The third-order valence-corrected chi connectivity index (χ3v) is 3.89. The monoisotopic (exact) mass is 404 g/mol. The minimum absolute atomic E-state index is 0.0436. The molecule has 0 aliphatic carbocycles. The molecule has 0 heterocycles. The molecule has 0 atom stereocenters. The SMILES string of the molecule is N#C/C(=C/NCc1cccc(Br)c1)C(=O)Nc1ccc(N)c(Cl)c1. The molecule has 0 fully saturated rings. The largest absolute Gasteiger partial charge is 0.398 e. The van der Waals surface area contributed by atoms with E-state index in [0.717, 1.165) is 10.0 Å². The fourth-order valence-corrected chi connectivity index (χ4v) is 2.50. The summed E-state index contributed by atoms with van der Waals surface area (Å²) in [5.41, 5.74) is 7.47. The zero-order chi connectivity index (χ0) is 17.5. The minimum Gasteiger partial charge on any atom is -0.398 e. The Morgan fingerprint density at radius 2 is 2.12 bits per heavy atom. The molecule has 0 saturated carbocycles. The van der Waals surface area contributed by atoms with Gasteiger partial charge in [-0.2, -0.15) is 5.26 Å². The topological polar surface area (TPSA) is 90.9 Å². The quantitative estimate of drug-likeness (QED) is 0.401. The fraction of sp³-hybridized carbons (Fsp3) is 0.0588. The van der Waals surface area contributed by atoms with Gasteiger partial charge in [0.1, 0.15) is 11.6 Å². The molecule has 7 heteroatoms. The molecule has 5 nitrogen and oxygen atoms in total. The molecule has 0 aliphatic heterocycles. The molecule has 0 saturated heterocycles. The van der Waals surface area contributed by atoms with Crippen molar-refractivity contribution in [2.45, 2.75) is 6.54 Å². The van der Waals surface area contributed by atoms with Gasteiger partial charge in [0.05, 0.1) is 10.7 Å². The number of hydrogen-bond acceptors (Lipinski definition) is 4. The third kappa shape index (κ3) is 5.01. The molecular weight excluding hydrogens is 392 g/mol. The standard InChI is InChI=1S/C17H14BrClN4O/c18-13-3-1-2-11(6-13)9-22-10-12(8-20)17(24)23-14-4-5-16(21)15(19)7-14/h1-7,10,22H,9,21H2,(H,23,24)/b12-10-. The highest BCUT2D eigenvalue weighted by Gasteiger charge is 2.10. The molecule has 0 aromatic heterocycles. The van der Waals surface area contributed by atoms with Crippen molar-refractivity contribution >= 4 is 44.8 Å². The lowest BCUT2D eigenvalue weighted by molar-refractivity contribution is -0.112. The Labute approximate surface area is 153 Å². The first-order chi connectivity index (χ1) is 11.5. The number of nitrogens with one attached hydrogen (secondary N) is 2. The highest BCUT2D eigenvalue weighted by atomic mass is 79.9. The van der Waals surface area contributed by atoms with Crippen molar-refractivity contribution in [1.29, 1.82) is 5.26 Å². The lowest BCUT2D eigenvalue weighted by atomic mass is 10.2. The van der Waals surface area contributed by atoms with E-state index in [-0.39, 0.29) is 5.57 Å². The van der Waals surface area contributed by atoms with Crippen molar-refractivity contribution in [3.05, 3.63) is 69.3 Å². The second-order valence-electron chi connectivity index (χ2n) is 4.87. The van der Waals surface area contributed by atoms with Crippen LogP contribution in [0, 0.1) is 11.3 Å². The van der Waals surface area contributed by atoms with Crippen molar-refractivity contribution < 1.29 is 4.79 Å². The fourth-order valence-electron chi connectivity index (χ4n) is 1.87. The Balaban J connectivity index is 2.00. The first-order valence-corrected chi connectivity index (χ1v) is 8.11. The van der Waals surface area contributed by atoms with Crippen LogP contribution in [0.5, 0.6) is 0 Å². The number of carbonyl (C=O) groups is 1. The molecular formula is C17H14BrClN4O. The van der Waals surface area contributed by atoms with E-state index in [0.29, 0.717) is 22.9 Å². The van der Waals surface area contributed by atoms with E-state index in [1.54, 1.807) is 12.1 Å². The maximum atomic E-state index is 12.1. The van der Waals surface area contributed by atoms with Gasteiger partial charge in [0.2, 0.25) is 0 Å². The van der Waals surface area contributed by atoms with E-state index in [2.05, 4.69) is 26.6 Å². The van der Waals surface area contributed by atoms with Crippen LogP contribution in [-0.4, -0.2) is 5.91 Å². The van der Waals surface area contributed by atoms with E-state index in [4.69, 9.17) is 22.6 Å². The summed E-state index contributed by atoms with van der Waals surface area (Å²) in [6.45, 7) is 0.492. The van der Waals surface area contributed by atoms with E-state index < -0.39 is 5.91 Å². The summed E-state index contributed by atoms with van der Waals surface area (Å²) in [6.07, 6.45) is 1.38. The Hall–Kier alpha value is -2.49. The molecule has 0 aliphatic rings. The van der Waals surface area contributed by atoms with E-state index in [9.17, 15) is 4.79 Å². The normalized spacial score (nSPS) is 10.8. The Morgan fingerprint density at radius 1 is 1.33 bits per heavy atom. The number of anilines is 2. The summed E-state index contributed by atoms with van der Waals surface area (Å²) in [7, 11) is 0. The molecule has 4 N–H and O–H groups in total. The second-order valence-corrected chi connectivity index (χ2v) is 6.19. The van der Waals surface area contributed by atoms with Crippen LogP contribution in [0.4, 0.5) is 11.4 Å². The van der Waals surface area contributed by atoms with Crippen molar-refractivity contribution in [1.82, 2.24) is 5.32 Å². The smallest absolute Gasteiger partial charge is 0.267 e. The molecule has 0 bridgehead atoms. The predicted octanol–water partition coefficient (Wildman–Crippen LogP) is 3.82. The summed E-state index contributed by atoms with van der Waals surface area (Å²) in [5.74, 6) is -0.528. The summed E-state index contributed by atoms with van der Waals surface area (Å²) in [6, 6.07) is 14.3. The average Bonchev–Trinajstić information content (AvgIpc) is 2.55. The van der Waals surface area contributed by atoms with Crippen LogP contribution in [0.15, 0.2) is 58.7 Å². The molecule has 0 spiro atoms. The Kier molecular flexibility index (Phi) is 6.24. The van der Waals surface area contributed by atoms with Crippen molar-refractivity contribution in [3.8, 4) is 6.07 Å². The molecule has 24 heavy (non-hydrogen) atoms. The van der Waals surface area contributed by atoms with Crippen LogP contribution >= 0.6 is 27.5 Å². The second kappa shape index (κ2) is 8.39. The van der Waals surface area contributed by atoms with Crippen LogP contribution in [-0.2, 0) is 11.3 Å². The van der Waals surface area contributed by atoms with Crippen molar-refractivity contribution in [3.63, 3.8) is 0 Å². The van der Waals surface area contributed by atoms with Gasteiger partial charge in [-0.3, -0.25) is 4.79 Å². The maximum Gasteiger partial charge on any atom is 0.267 e. The summed E-state index contributed by atoms with van der Waals surface area (Å²) >= 11 is 9.29. The van der Waals surface area contributed by atoms with Gasteiger partial charge in [-0.15, -0.1) is 0 Å². The number of nitriles is 1. The van der Waals surface area contributed by atoms with Crippen LogP contribution in [0.1, 0.15) is 5.56 Å². The molecule has 1 amide bonds. The number of carbonyl (C=O) groups excluding carboxylic acids is 1. The van der Waals surface area contributed by atoms with Crippen LogP contribution < -0.4 is 16.4 Å². The van der Waals surface area contributed by atoms with Gasteiger partial charge >= 0.3 is 0 Å².